The van der Waals surface area contributed by atoms with E-state index in [0.717, 1.165) is 5.39 Å². The Morgan fingerprint density at radius 1 is 1.21 bits per heavy atom. The van der Waals surface area contributed by atoms with Crippen LogP contribution in [0.3, 0.4) is 0 Å². The van der Waals surface area contributed by atoms with E-state index < -0.39 is 0 Å². The van der Waals surface area contributed by atoms with Crippen LogP contribution in [0, 0.1) is 0 Å². The number of benzene rings is 1. The predicted molar refractivity (Wildman–Crippen MR) is 109 cm³/mol. The van der Waals surface area contributed by atoms with Crippen molar-refractivity contribution in [3.05, 3.63) is 35.5 Å². The second-order valence-corrected chi connectivity index (χ2v) is 7.52. The van der Waals surface area contributed by atoms with Crippen molar-refractivity contribution in [2.75, 3.05) is 39.3 Å². The van der Waals surface area contributed by atoms with Gasteiger partial charge in [-0.05, 0) is 38.1 Å². The quantitative estimate of drug-likeness (QED) is 0.796. The number of piperazine rings is 1. The van der Waals surface area contributed by atoms with Crippen LogP contribution in [0.5, 0.6) is 5.75 Å². The molecule has 1 saturated heterocycles. The highest BCUT2D eigenvalue weighted by atomic mass is 35.5. The van der Waals surface area contributed by atoms with Gasteiger partial charge < -0.3 is 15.0 Å². The summed E-state index contributed by atoms with van der Waals surface area (Å²) in [5, 5.41) is 4.28. The number of carbonyl (C=O) groups excluding carboxylic acids is 2. The minimum atomic E-state index is -0.0784. The third kappa shape index (κ3) is 5.11. The van der Waals surface area contributed by atoms with Gasteiger partial charge in [-0.3, -0.25) is 19.5 Å². The third-order valence-corrected chi connectivity index (χ3v) is 4.90. The number of hydrogen-bond donors (Lipinski definition) is 1. The second-order valence-electron chi connectivity index (χ2n) is 7.11. The molecule has 0 bridgehead atoms. The normalized spacial score (nSPS) is 15.1. The molecule has 28 heavy (non-hydrogen) atoms. The highest BCUT2D eigenvalue weighted by molar-refractivity contribution is 6.35. The Morgan fingerprint density at radius 3 is 2.68 bits per heavy atom. The van der Waals surface area contributed by atoms with Gasteiger partial charge in [0.15, 0.2) is 6.61 Å². The van der Waals surface area contributed by atoms with Gasteiger partial charge in [0.25, 0.3) is 5.91 Å². The lowest BCUT2D eigenvalue weighted by molar-refractivity contribution is -0.135. The molecule has 3 rings (SSSR count). The van der Waals surface area contributed by atoms with Crippen LogP contribution in [0.25, 0.3) is 10.9 Å². The molecular weight excluding hydrogens is 380 g/mol. The van der Waals surface area contributed by atoms with E-state index in [-0.39, 0.29) is 24.5 Å². The van der Waals surface area contributed by atoms with Crippen molar-refractivity contribution < 1.29 is 14.3 Å². The first kappa shape index (κ1) is 20.4. The van der Waals surface area contributed by atoms with E-state index in [9.17, 15) is 9.59 Å². The number of hydrogen-bond acceptors (Lipinski definition) is 5. The Balaban J connectivity index is 1.50. The molecule has 0 aliphatic carbocycles. The lowest BCUT2D eigenvalue weighted by Gasteiger charge is -2.34. The first-order valence-electron chi connectivity index (χ1n) is 9.39. The molecule has 1 fully saturated rings. The Hall–Kier alpha value is -2.38. The average Bonchev–Trinajstić information content (AvgIpc) is 2.67. The summed E-state index contributed by atoms with van der Waals surface area (Å²) < 4.78 is 5.73. The second kappa shape index (κ2) is 9.21. The van der Waals surface area contributed by atoms with Crippen LogP contribution < -0.4 is 10.1 Å². The van der Waals surface area contributed by atoms with Crippen LogP contribution in [-0.2, 0) is 9.59 Å². The lowest BCUT2D eigenvalue weighted by Crippen LogP contribution is -2.52. The average molecular weight is 405 g/mol. The van der Waals surface area contributed by atoms with Crippen molar-refractivity contribution in [2.45, 2.75) is 19.9 Å². The summed E-state index contributed by atoms with van der Waals surface area (Å²) in [6.45, 7) is 6.68. The van der Waals surface area contributed by atoms with E-state index in [1.807, 2.05) is 26.0 Å². The molecule has 0 atom stereocenters. The molecule has 0 radical (unpaired) electrons. The molecule has 1 aromatic carbocycles. The molecule has 0 spiro atoms. The van der Waals surface area contributed by atoms with Crippen LogP contribution in [0.2, 0.25) is 5.02 Å². The highest BCUT2D eigenvalue weighted by Gasteiger charge is 2.23. The van der Waals surface area contributed by atoms with Crippen molar-refractivity contribution in [1.82, 2.24) is 20.1 Å². The highest BCUT2D eigenvalue weighted by Crippen LogP contribution is 2.29. The summed E-state index contributed by atoms with van der Waals surface area (Å²) >= 11 is 6.19. The van der Waals surface area contributed by atoms with E-state index in [2.05, 4.69) is 15.2 Å². The zero-order chi connectivity index (χ0) is 20.1. The SMILES string of the molecule is CC(C)NC(=O)CN1CCN(C(=O)COc2ccc(Cl)c3cccnc23)CC1. The molecule has 2 amide bonds. The molecular formula is C20H25ClN4O3. The molecule has 2 heterocycles. The van der Waals surface area contributed by atoms with Crippen molar-refractivity contribution in [3.8, 4) is 5.75 Å². The molecule has 150 valence electrons. The number of nitrogens with zero attached hydrogens (tertiary/aromatic N) is 3. The molecule has 1 aromatic heterocycles. The van der Waals surface area contributed by atoms with E-state index in [1.165, 1.54) is 0 Å². The van der Waals surface area contributed by atoms with Gasteiger partial charge in [0.2, 0.25) is 5.91 Å². The van der Waals surface area contributed by atoms with Gasteiger partial charge in [0.1, 0.15) is 11.3 Å². The maximum absolute atomic E-state index is 12.5. The van der Waals surface area contributed by atoms with Crippen LogP contribution in [0.15, 0.2) is 30.5 Å². The van der Waals surface area contributed by atoms with Crippen molar-refractivity contribution in [1.29, 1.82) is 0 Å². The van der Waals surface area contributed by atoms with E-state index in [0.29, 0.717) is 49.0 Å². The molecule has 1 aliphatic rings. The Bertz CT molecular complexity index is 850. The molecule has 0 unspecified atom stereocenters. The zero-order valence-corrected chi connectivity index (χ0v) is 16.9. The number of carbonyl (C=O) groups is 2. The fourth-order valence-electron chi connectivity index (χ4n) is 3.19. The minimum absolute atomic E-state index is 0.0141. The van der Waals surface area contributed by atoms with Crippen LogP contribution in [-0.4, -0.2) is 72.0 Å². The first-order valence-corrected chi connectivity index (χ1v) is 9.77. The summed E-state index contributed by atoms with van der Waals surface area (Å²) in [5.74, 6) is 0.475. The largest absolute Gasteiger partial charge is 0.481 e. The number of fused-ring (bicyclic) bond motifs is 1. The molecule has 7 nitrogen and oxygen atoms in total. The summed E-state index contributed by atoms with van der Waals surface area (Å²) in [6, 6.07) is 7.28. The Morgan fingerprint density at radius 2 is 1.96 bits per heavy atom. The number of nitrogens with one attached hydrogen (secondary N) is 1. The van der Waals surface area contributed by atoms with Gasteiger partial charge in [0.05, 0.1) is 11.6 Å². The molecule has 8 heteroatoms. The number of rotatable bonds is 6. The first-order chi connectivity index (χ1) is 13.4. The molecule has 1 N–H and O–H groups in total. The summed E-state index contributed by atoms with van der Waals surface area (Å²) in [7, 11) is 0. The van der Waals surface area contributed by atoms with Crippen LogP contribution >= 0.6 is 11.6 Å². The van der Waals surface area contributed by atoms with Crippen molar-refractivity contribution in [2.24, 2.45) is 0 Å². The van der Waals surface area contributed by atoms with Gasteiger partial charge in [-0.25, -0.2) is 0 Å². The smallest absolute Gasteiger partial charge is 0.260 e. The molecule has 0 saturated carbocycles. The maximum Gasteiger partial charge on any atom is 0.260 e. The topological polar surface area (TPSA) is 74.8 Å². The number of amides is 2. The summed E-state index contributed by atoms with van der Waals surface area (Å²) in [6.07, 6.45) is 1.67. The Kier molecular flexibility index (Phi) is 6.70. The standard InChI is InChI=1S/C20H25ClN4O3/c1-14(2)23-18(26)12-24-8-10-25(11-9-24)19(27)13-28-17-6-5-16(21)15-4-3-7-22-20(15)17/h3-7,14H,8-13H2,1-2H3,(H,23,26). The fraction of sp³-hybridized carbons (Fsp3) is 0.450. The van der Waals surface area contributed by atoms with Gasteiger partial charge in [-0.15, -0.1) is 0 Å². The van der Waals surface area contributed by atoms with E-state index in [4.69, 9.17) is 16.3 Å². The van der Waals surface area contributed by atoms with E-state index in [1.54, 1.807) is 23.2 Å². The minimum Gasteiger partial charge on any atom is -0.481 e. The summed E-state index contributed by atoms with van der Waals surface area (Å²) in [4.78, 5) is 32.5. The van der Waals surface area contributed by atoms with Gasteiger partial charge >= 0.3 is 0 Å². The monoisotopic (exact) mass is 404 g/mol. The maximum atomic E-state index is 12.5. The number of pyridine rings is 1. The zero-order valence-electron chi connectivity index (χ0n) is 16.2. The van der Waals surface area contributed by atoms with Gasteiger partial charge in [-0.1, -0.05) is 11.6 Å². The van der Waals surface area contributed by atoms with Crippen molar-refractivity contribution in [3.63, 3.8) is 0 Å². The number of halogens is 1. The number of ether oxygens (including phenoxy) is 1. The predicted octanol–water partition coefficient (Wildman–Crippen LogP) is 1.94. The summed E-state index contributed by atoms with van der Waals surface area (Å²) in [5.41, 5.74) is 0.642. The third-order valence-electron chi connectivity index (χ3n) is 4.57. The Labute approximate surface area is 169 Å². The van der Waals surface area contributed by atoms with Gasteiger partial charge in [-0.2, -0.15) is 0 Å². The fourth-order valence-corrected chi connectivity index (χ4v) is 3.40. The molecule has 2 aromatic rings. The molecule has 1 aliphatic heterocycles. The van der Waals surface area contributed by atoms with Gasteiger partial charge in [0, 0.05) is 43.8 Å². The number of aromatic nitrogens is 1. The van der Waals surface area contributed by atoms with Crippen LogP contribution in [0.1, 0.15) is 13.8 Å². The lowest BCUT2D eigenvalue weighted by atomic mass is 10.2. The van der Waals surface area contributed by atoms with Crippen molar-refractivity contribution >= 4 is 34.3 Å². The van der Waals surface area contributed by atoms with E-state index >= 15 is 0 Å². The van der Waals surface area contributed by atoms with Crippen LogP contribution in [0.4, 0.5) is 0 Å².